The van der Waals surface area contributed by atoms with E-state index in [1.807, 2.05) is 13.8 Å². The number of aliphatic imine (C=N–C) groups is 1. The molecule has 1 saturated carbocycles. The van der Waals surface area contributed by atoms with Gasteiger partial charge < -0.3 is 10.2 Å². The number of nitrogens with zero attached hydrogens (tertiary/aromatic N) is 1. The molecule has 0 radical (unpaired) electrons. The smallest absolute Gasteiger partial charge is 0.325 e. The van der Waals surface area contributed by atoms with Crippen molar-refractivity contribution >= 4 is 17.5 Å². The molecule has 1 rings (SSSR count). The number of hydrogen-bond donors (Lipinski definition) is 2. The Kier molecular flexibility index (Phi) is 4.27. The molecule has 0 saturated heterocycles. The molecule has 2 N–H and O–H groups in total. The van der Waals surface area contributed by atoms with Crippen LogP contribution in [0.5, 0.6) is 0 Å². The molecule has 0 aromatic carbocycles. The van der Waals surface area contributed by atoms with Crippen molar-refractivity contribution in [2.75, 3.05) is 6.54 Å². The number of rotatable bonds is 3. The largest absolute Gasteiger partial charge is 0.512 e. The third-order valence-electron chi connectivity index (χ3n) is 2.88. The van der Waals surface area contributed by atoms with Gasteiger partial charge in [-0.1, -0.05) is 20.8 Å². The van der Waals surface area contributed by atoms with Crippen molar-refractivity contribution in [2.24, 2.45) is 10.4 Å². The third kappa shape index (κ3) is 3.42. The molecule has 100 valence electrons. The minimum atomic E-state index is -1.05. The highest BCUT2D eigenvalue weighted by Crippen LogP contribution is 2.35. The Balaban J connectivity index is 3.17. The number of allylic oxidation sites excluding steroid dienone is 2. The number of aliphatic hydroxyl groups excluding tert-OH is 1. The van der Waals surface area contributed by atoms with Crippen molar-refractivity contribution in [3.63, 3.8) is 0 Å². The molecule has 1 aliphatic carbocycles. The number of Topliss-reactive ketones (excluding diaryl/α,β-unsaturated/α-hetero) is 1. The molecular formula is C13H19NO4. The quantitative estimate of drug-likeness (QED) is 0.595. The zero-order valence-corrected chi connectivity index (χ0v) is 11.0. The Morgan fingerprint density at radius 2 is 1.94 bits per heavy atom. The Labute approximate surface area is 106 Å². The highest BCUT2D eigenvalue weighted by molar-refractivity contribution is 6.24. The van der Waals surface area contributed by atoms with Gasteiger partial charge in [-0.3, -0.25) is 14.6 Å². The maximum atomic E-state index is 12.0. The van der Waals surface area contributed by atoms with E-state index in [4.69, 9.17) is 5.11 Å². The first kappa shape index (κ1) is 14.4. The Bertz CT molecular complexity index is 432. The SMILES string of the molecule is CC/C(O)=C1\C(=O)CC(C)(C)CC1=NCC(=O)O. The molecule has 0 bridgehead atoms. The number of hydrogen-bond acceptors (Lipinski definition) is 4. The number of aliphatic hydroxyl groups is 1. The van der Waals surface area contributed by atoms with E-state index in [-0.39, 0.29) is 29.1 Å². The summed E-state index contributed by atoms with van der Waals surface area (Å²) in [4.78, 5) is 26.5. The lowest BCUT2D eigenvalue weighted by Crippen LogP contribution is -2.33. The molecule has 5 nitrogen and oxygen atoms in total. The van der Waals surface area contributed by atoms with Gasteiger partial charge in [-0.05, 0) is 11.8 Å². The van der Waals surface area contributed by atoms with Gasteiger partial charge in [0.05, 0.1) is 11.3 Å². The molecule has 0 aromatic rings. The number of ketones is 1. The average Bonchev–Trinajstić information content (AvgIpc) is 2.23. The van der Waals surface area contributed by atoms with Crippen LogP contribution in [0.3, 0.4) is 0 Å². The van der Waals surface area contributed by atoms with E-state index in [1.54, 1.807) is 6.92 Å². The Morgan fingerprint density at radius 1 is 1.33 bits per heavy atom. The van der Waals surface area contributed by atoms with E-state index in [0.29, 0.717) is 25.0 Å². The molecule has 0 atom stereocenters. The first-order chi connectivity index (χ1) is 8.26. The molecule has 0 unspecified atom stereocenters. The minimum absolute atomic E-state index is 0.000334. The van der Waals surface area contributed by atoms with Crippen LogP contribution < -0.4 is 0 Å². The van der Waals surface area contributed by atoms with Crippen LogP contribution in [-0.2, 0) is 9.59 Å². The summed E-state index contributed by atoms with van der Waals surface area (Å²) in [5.74, 6) is -1.21. The number of carbonyl (C=O) groups excluding carboxylic acids is 1. The minimum Gasteiger partial charge on any atom is -0.512 e. The van der Waals surface area contributed by atoms with Gasteiger partial charge in [-0.2, -0.15) is 0 Å². The fourth-order valence-corrected chi connectivity index (χ4v) is 2.09. The molecule has 0 aromatic heterocycles. The van der Waals surface area contributed by atoms with Crippen LogP contribution in [-0.4, -0.2) is 34.2 Å². The van der Waals surface area contributed by atoms with Crippen LogP contribution >= 0.6 is 0 Å². The molecule has 1 aliphatic rings. The predicted octanol–water partition coefficient (Wildman–Crippen LogP) is 2.12. The lowest BCUT2D eigenvalue weighted by Gasteiger charge is -2.31. The molecule has 0 aliphatic heterocycles. The highest BCUT2D eigenvalue weighted by Gasteiger charge is 2.35. The Morgan fingerprint density at radius 3 is 2.44 bits per heavy atom. The van der Waals surface area contributed by atoms with Crippen molar-refractivity contribution in [2.45, 2.75) is 40.0 Å². The second-order valence-electron chi connectivity index (χ2n) is 5.27. The van der Waals surface area contributed by atoms with Crippen LogP contribution in [0.25, 0.3) is 0 Å². The van der Waals surface area contributed by atoms with Gasteiger partial charge in [-0.25, -0.2) is 0 Å². The predicted molar refractivity (Wildman–Crippen MR) is 67.9 cm³/mol. The van der Waals surface area contributed by atoms with E-state index in [1.165, 1.54) is 0 Å². The van der Waals surface area contributed by atoms with E-state index < -0.39 is 5.97 Å². The summed E-state index contributed by atoms with van der Waals surface area (Å²) in [6.45, 7) is 5.23. The van der Waals surface area contributed by atoms with E-state index in [0.717, 1.165) is 0 Å². The lowest BCUT2D eigenvalue weighted by atomic mass is 9.73. The van der Waals surface area contributed by atoms with Crippen molar-refractivity contribution in [3.05, 3.63) is 11.3 Å². The standard InChI is InChI=1S/C13H19NO4/c1-4-9(15)12-8(14-7-11(17)18)5-13(2,3)6-10(12)16/h15H,4-7H2,1-3H3,(H,17,18)/b12-9+,14-8?. The van der Waals surface area contributed by atoms with Gasteiger partial charge in [0.2, 0.25) is 0 Å². The number of carboxylic acid groups (broad SMARTS) is 1. The molecule has 5 heteroatoms. The summed E-state index contributed by atoms with van der Waals surface area (Å²) in [7, 11) is 0. The van der Waals surface area contributed by atoms with E-state index in [9.17, 15) is 14.7 Å². The fourth-order valence-electron chi connectivity index (χ4n) is 2.09. The summed E-state index contributed by atoms with van der Waals surface area (Å²) in [6.07, 6.45) is 1.19. The van der Waals surface area contributed by atoms with Gasteiger partial charge >= 0.3 is 5.97 Å². The molecule has 1 fully saturated rings. The molecule has 0 amide bonds. The van der Waals surface area contributed by atoms with Crippen molar-refractivity contribution in [1.82, 2.24) is 0 Å². The molecule has 18 heavy (non-hydrogen) atoms. The van der Waals surface area contributed by atoms with Crippen LogP contribution in [0.2, 0.25) is 0 Å². The van der Waals surface area contributed by atoms with Gasteiger partial charge in [0, 0.05) is 12.8 Å². The molecule has 0 heterocycles. The van der Waals surface area contributed by atoms with Gasteiger partial charge in [0.15, 0.2) is 5.78 Å². The van der Waals surface area contributed by atoms with Crippen LogP contribution in [0, 0.1) is 5.41 Å². The summed E-state index contributed by atoms with van der Waals surface area (Å²) in [6, 6.07) is 0. The van der Waals surface area contributed by atoms with Crippen molar-refractivity contribution in [1.29, 1.82) is 0 Å². The molecular weight excluding hydrogens is 234 g/mol. The van der Waals surface area contributed by atoms with Crippen LogP contribution in [0.4, 0.5) is 0 Å². The van der Waals surface area contributed by atoms with Gasteiger partial charge in [-0.15, -0.1) is 0 Å². The Hall–Kier alpha value is -1.65. The third-order valence-corrected chi connectivity index (χ3v) is 2.88. The van der Waals surface area contributed by atoms with Gasteiger partial charge in [0.25, 0.3) is 0 Å². The maximum absolute atomic E-state index is 12.0. The fraction of sp³-hybridized carbons (Fsp3) is 0.615. The van der Waals surface area contributed by atoms with E-state index in [2.05, 4.69) is 4.99 Å². The van der Waals surface area contributed by atoms with Crippen LogP contribution in [0.15, 0.2) is 16.3 Å². The molecule has 0 spiro atoms. The van der Waals surface area contributed by atoms with Gasteiger partial charge in [0.1, 0.15) is 12.3 Å². The monoisotopic (exact) mass is 253 g/mol. The van der Waals surface area contributed by atoms with Crippen molar-refractivity contribution in [3.8, 4) is 0 Å². The van der Waals surface area contributed by atoms with Crippen molar-refractivity contribution < 1.29 is 19.8 Å². The topological polar surface area (TPSA) is 87.0 Å². The second-order valence-corrected chi connectivity index (χ2v) is 5.27. The summed E-state index contributed by atoms with van der Waals surface area (Å²) in [5.41, 5.74) is 0.391. The number of aliphatic carboxylic acids is 1. The van der Waals surface area contributed by atoms with E-state index >= 15 is 0 Å². The zero-order chi connectivity index (χ0) is 13.9. The lowest BCUT2D eigenvalue weighted by molar-refractivity contribution is -0.135. The maximum Gasteiger partial charge on any atom is 0.325 e. The normalized spacial score (nSPS) is 24.2. The number of carbonyl (C=O) groups is 2. The summed E-state index contributed by atoms with van der Waals surface area (Å²) in [5, 5.41) is 18.4. The average molecular weight is 253 g/mol. The van der Waals surface area contributed by atoms with Crippen LogP contribution in [0.1, 0.15) is 40.0 Å². The zero-order valence-electron chi connectivity index (χ0n) is 11.0. The first-order valence-corrected chi connectivity index (χ1v) is 5.97. The summed E-state index contributed by atoms with van der Waals surface area (Å²) >= 11 is 0. The second kappa shape index (κ2) is 5.33. The first-order valence-electron chi connectivity index (χ1n) is 5.97. The highest BCUT2D eigenvalue weighted by atomic mass is 16.4. The number of carboxylic acids is 1. The summed E-state index contributed by atoms with van der Waals surface area (Å²) < 4.78 is 0.